The molecule has 2 aromatic rings. The molecule has 0 aliphatic carbocycles. The molecule has 5 nitrogen and oxygen atoms in total. The Morgan fingerprint density at radius 3 is 2.38 bits per heavy atom. The first kappa shape index (κ1) is 19.9. The summed E-state index contributed by atoms with van der Waals surface area (Å²) in [5, 5.41) is 6.25. The Labute approximate surface area is 154 Å². The molecule has 0 atom stereocenters. The maximum atomic E-state index is 12.9. The molecule has 0 spiro atoms. The number of nitrogens with one attached hydrogen (secondary N) is 2. The lowest BCUT2D eigenvalue weighted by Gasteiger charge is -2.11. The average molecular weight is 377 g/mol. The van der Waals surface area contributed by atoms with E-state index >= 15 is 0 Å². The van der Waals surface area contributed by atoms with Gasteiger partial charge in [0.1, 0.15) is 5.82 Å². The number of nitrogens with zero attached hydrogens (tertiary/aromatic N) is 1. The summed E-state index contributed by atoms with van der Waals surface area (Å²) in [4.78, 5) is 4.63. The summed E-state index contributed by atoms with van der Waals surface area (Å²) >= 11 is 0. The zero-order chi connectivity index (χ0) is 18.8. The van der Waals surface area contributed by atoms with Crippen molar-refractivity contribution < 1.29 is 12.8 Å². The third-order valence-electron chi connectivity index (χ3n) is 3.70. The minimum Gasteiger partial charge on any atom is -0.357 e. The monoisotopic (exact) mass is 377 g/mol. The second kappa shape index (κ2) is 9.91. The second-order valence-electron chi connectivity index (χ2n) is 5.70. The molecule has 0 unspecified atom stereocenters. The van der Waals surface area contributed by atoms with Crippen molar-refractivity contribution in [1.82, 2.24) is 10.6 Å². The van der Waals surface area contributed by atoms with Crippen LogP contribution in [0.4, 0.5) is 4.39 Å². The molecule has 140 valence electrons. The quantitative estimate of drug-likeness (QED) is 0.547. The fourth-order valence-electron chi connectivity index (χ4n) is 2.34. The molecule has 2 N–H and O–H groups in total. The number of halogens is 1. The van der Waals surface area contributed by atoms with Gasteiger partial charge in [0.15, 0.2) is 15.8 Å². The highest BCUT2D eigenvalue weighted by Gasteiger charge is 2.13. The highest BCUT2D eigenvalue weighted by molar-refractivity contribution is 7.91. The van der Waals surface area contributed by atoms with Crippen molar-refractivity contribution in [1.29, 1.82) is 0 Å². The summed E-state index contributed by atoms with van der Waals surface area (Å²) in [7, 11) is -3.34. The van der Waals surface area contributed by atoms with Gasteiger partial charge in [0.2, 0.25) is 0 Å². The topological polar surface area (TPSA) is 70.6 Å². The molecule has 0 fully saturated rings. The lowest BCUT2D eigenvalue weighted by molar-refractivity contribution is 0.596. The van der Waals surface area contributed by atoms with E-state index in [2.05, 4.69) is 15.6 Å². The predicted molar refractivity (Wildman–Crippen MR) is 103 cm³/mol. The van der Waals surface area contributed by atoms with E-state index in [1.165, 1.54) is 12.1 Å². The van der Waals surface area contributed by atoms with Gasteiger partial charge in [0.25, 0.3) is 0 Å². The Morgan fingerprint density at radius 1 is 1.04 bits per heavy atom. The number of benzene rings is 2. The maximum Gasteiger partial charge on any atom is 0.191 e. The second-order valence-corrected chi connectivity index (χ2v) is 7.80. The van der Waals surface area contributed by atoms with Gasteiger partial charge < -0.3 is 10.6 Å². The summed E-state index contributed by atoms with van der Waals surface area (Å²) in [6.07, 6.45) is 0.715. The molecule has 0 bridgehead atoms. The van der Waals surface area contributed by atoms with Crippen LogP contribution >= 0.6 is 0 Å². The first-order valence-electron chi connectivity index (χ1n) is 8.55. The summed E-state index contributed by atoms with van der Waals surface area (Å²) in [5.41, 5.74) is 1.02. The summed E-state index contributed by atoms with van der Waals surface area (Å²) < 4.78 is 37.4. The molecular weight excluding hydrogens is 353 g/mol. The molecule has 0 aromatic heterocycles. The molecule has 7 heteroatoms. The lowest BCUT2D eigenvalue weighted by Crippen LogP contribution is -2.38. The van der Waals surface area contributed by atoms with Gasteiger partial charge in [-0.25, -0.2) is 12.8 Å². The number of rotatable bonds is 8. The predicted octanol–water partition coefficient (Wildman–Crippen LogP) is 2.40. The summed E-state index contributed by atoms with van der Waals surface area (Å²) in [6.45, 7) is 3.40. The first-order valence-corrected chi connectivity index (χ1v) is 10.2. The molecule has 0 saturated carbocycles. The van der Waals surface area contributed by atoms with Crippen LogP contribution in [0.5, 0.6) is 0 Å². The molecule has 26 heavy (non-hydrogen) atoms. The molecule has 0 radical (unpaired) electrons. The molecule has 0 heterocycles. The van der Waals surface area contributed by atoms with Crippen LogP contribution in [0.3, 0.4) is 0 Å². The zero-order valence-electron chi connectivity index (χ0n) is 14.8. The minimum atomic E-state index is -3.34. The van der Waals surface area contributed by atoms with Crippen molar-refractivity contribution in [3.05, 3.63) is 66.0 Å². The van der Waals surface area contributed by atoms with Crippen LogP contribution in [-0.2, 0) is 16.3 Å². The van der Waals surface area contributed by atoms with Gasteiger partial charge in [0.05, 0.1) is 17.2 Å². The fraction of sp³-hybridized carbons (Fsp3) is 0.316. The van der Waals surface area contributed by atoms with Crippen molar-refractivity contribution in [2.45, 2.75) is 18.2 Å². The Kier molecular flexibility index (Phi) is 7.59. The molecule has 0 aliphatic heterocycles. The number of aliphatic imine (C=N–C) groups is 1. The third kappa shape index (κ3) is 6.48. The summed E-state index contributed by atoms with van der Waals surface area (Å²) in [5.74, 6) is 0.264. The largest absolute Gasteiger partial charge is 0.357 e. The highest BCUT2D eigenvalue weighted by atomic mass is 32.2. The molecule has 0 aliphatic rings. The van der Waals surface area contributed by atoms with Crippen LogP contribution < -0.4 is 10.6 Å². The first-order chi connectivity index (χ1) is 12.5. The van der Waals surface area contributed by atoms with Crippen LogP contribution in [-0.4, -0.2) is 39.8 Å². The van der Waals surface area contributed by atoms with Crippen LogP contribution in [0.15, 0.2) is 64.5 Å². The normalized spacial score (nSPS) is 12.0. The standard InChI is InChI=1S/C19H24FN3O2S/c1-2-21-19(22-13-12-16-8-10-17(20)11-9-16)23-14-15-26(24,25)18-6-4-3-5-7-18/h3-11H,2,12-15H2,1H3,(H2,21,22,23). The number of sulfone groups is 1. The van der Waals surface area contributed by atoms with E-state index in [9.17, 15) is 12.8 Å². The Balaban J connectivity index is 1.86. The van der Waals surface area contributed by atoms with E-state index in [1.807, 2.05) is 6.92 Å². The van der Waals surface area contributed by atoms with E-state index in [0.29, 0.717) is 30.4 Å². The van der Waals surface area contributed by atoms with E-state index in [0.717, 1.165) is 5.56 Å². The molecular formula is C19H24FN3O2S. The average Bonchev–Trinajstić information content (AvgIpc) is 2.64. The number of hydrogen-bond acceptors (Lipinski definition) is 3. The van der Waals surface area contributed by atoms with E-state index < -0.39 is 9.84 Å². The van der Waals surface area contributed by atoms with E-state index in [4.69, 9.17) is 0 Å². The molecule has 2 rings (SSSR count). The Bertz CT molecular complexity index is 806. The van der Waals surface area contributed by atoms with Crippen molar-refractivity contribution in [2.75, 3.05) is 25.4 Å². The van der Waals surface area contributed by atoms with E-state index in [1.54, 1.807) is 42.5 Å². The fourth-order valence-corrected chi connectivity index (χ4v) is 3.48. The third-order valence-corrected chi connectivity index (χ3v) is 5.41. The van der Waals surface area contributed by atoms with Gasteiger partial charge in [0, 0.05) is 13.1 Å². The van der Waals surface area contributed by atoms with Gasteiger partial charge in [-0.1, -0.05) is 30.3 Å². The smallest absolute Gasteiger partial charge is 0.191 e. The molecule has 0 saturated heterocycles. The summed E-state index contributed by atoms with van der Waals surface area (Å²) in [6, 6.07) is 14.7. The molecule has 2 aromatic carbocycles. The minimum absolute atomic E-state index is 0.0500. The van der Waals surface area contributed by atoms with Gasteiger partial charge in [-0.2, -0.15) is 0 Å². The molecule has 0 amide bonds. The van der Waals surface area contributed by atoms with Crippen molar-refractivity contribution in [2.24, 2.45) is 4.99 Å². The van der Waals surface area contributed by atoms with Gasteiger partial charge in [-0.3, -0.25) is 4.99 Å². The Hall–Kier alpha value is -2.41. The van der Waals surface area contributed by atoms with Gasteiger partial charge >= 0.3 is 0 Å². The Morgan fingerprint density at radius 2 is 1.73 bits per heavy atom. The van der Waals surface area contributed by atoms with Crippen molar-refractivity contribution in [3.8, 4) is 0 Å². The van der Waals surface area contributed by atoms with Crippen LogP contribution in [0.1, 0.15) is 12.5 Å². The zero-order valence-corrected chi connectivity index (χ0v) is 15.6. The van der Waals surface area contributed by atoms with E-state index in [-0.39, 0.29) is 18.1 Å². The number of guanidine groups is 1. The lowest BCUT2D eigenvalue weighted by atomic mass is 10.1. The van der Waals surface area contributed by atoms with Gasteiger partial charge in [-0.15, -0.1) is 0 Å². The van der Waals surface area contributed by atoms with Crippen LogP contribution in [0.2, 0.25) is 0 Å². The maximum absolute atomic E-state index is 12.9. The SMILES string of the molecule is CCNC(=NCCS(=O)(=O)c1ccccc1)NCCc1ccc(F)cc1. The van der Waals surface area contributed by atoms with Crippen LogP contribution in [0.25, 0.3) is 0 Å². The van der Waals surface area contributed by atoms with Crippen molar-refractivity contribution in [3.63, 3.8) is 0 Å². The van der Waals surface area contributed by atoms with Crippen molar-refractivity contribution >= 4 is 15.8 Å². The van der Waals surface area contributed by atoms with Crippen LogP contribution in [0, 0.1) is 5.82 Å². The van der Waals surface area contributed by atoms with Gasteiger partial charge in [-0.05, 0) is 43.2 Å². The highest BCUT2D eigenvalue weighted by Crippen LogP contribution is 2.09. The number of hydrogen-bond donors (Lipinski definition) is 2.